The van der Waals surface area contributed by atoms with Crippen molar-refractivity contribution >= 4 is 11.6 Å². The van der Waals surface area contributed by atoms with Crippen LogP contribution < -0.4 is 10.6 Å². The molecule has 0 heterocycles. The van der Waals surface area contributed by atoms with Crippen LogP contribution in [0, 0.1) is 6.92 Å². The van der Waals surface area contributed by atoms with Crippen molar-refractivity contribution in [2.75, 3.05) is 12.4 Å². The lowest BCUT2D eigenvalue weighted by molar-refractivity contribution is 0.0907. The second-order valence-corrected chi connectivity index (χ2v) is 5.50. The van der Waals surface area contributed by atoms with Gasteiger partial charge in [0.05, 0.1) is 0 Å². The van der Waals surface area contributed by atoms with Gasteiger partial charge in [0.15, 0.2) is 0 Å². The minimum absolute atomic E-state index is 0.00873. The fraction of sp³-hybridized carbons (Fsp3) is 0.533. The summed E-state index contributed by atoms with van der Waals surface area (Å²) in [6.45, 7) is 4.13. The maximum atomic E-state index is 12.3. The summed E-state index contributed by atoms with van der Waals surface area (Å²) >= 11 is 0. The normalized spacial score (nSPS) is 17.5. The van der Waals surface area contributed by atoms with Crippen LogP contribution in [-0.4, -0.2) is 18.5 Å². The van der Waals surface area contributed by atoms with Crippen LogP contribution in [0.4, 0.5) is 5.69 Å². The van der Waals surface area contributed by atoms with Crippen LogP contribution in [0.3, 0.4) is 0 Å². The molecule has 1 aliphatic rings. The van der Waals surface area contributed by atoms with E-state index in [0.717, 1.165) is 29.7 Å². The predicted octanol–water partition coefficient (Wildman–Crippen LogP) is 3.10. The van der Waals surface area contributed by atoms with E-state index in [-0.39, 0.29) is 11.4 Å². The first-order valence-corrected chi connectivity index (χ1v) is 6.65. The first kappa shape index (κ1) is 12.9. The summed E-state index contributed by atoms with van der Waals surface area (Å²) in [5.74, 6) is 0.0551. The van der Waals surface area contributed by atoms with Crippen molar-refractivity contribution in [2.45, 2.75) is 45.1 Å². The summed E-state index contributed by atoms with van der Waals surface area (Å²) in [5.41, 5.74) is 2.82. The maximum Gasteiger partial charge on any atom is 0.251 e. The number of hydrogen-bond donors (Lipinski definition) is 2. The number of nitrogens with one attached hydrogen (secondary N) is 2. The van der Waals surface area contributed by atoms with Crippen LogP contribution in [0.1, 0.15) is 48.5 Å². The minimum Gasteiger partial charge on any atom is -0.388 e. The Morgan fingerprint density at radius 1 is 1.28 bits per heavy atom. The van der Waals surface area contributed by atoms with Gasteiger partial charge < -0.3 is 10.6 Å². The smallest absolute Gasteiger partial charge is 0.251 e. The lowest BCUT2D eigenvalue weighted by Gasteiger charge is -2.25. The molecule has 0 spiro atoms. The fourth-order valence-corrected chi connectivity index (χ4v) is 2.70. The van der Waals surface area contributed by atoms with Gasteiger partial charge in [-0.1, -0.05) is 12.8 Å². The Bertz CT molecular complexity index is 448. The molecular weight excluding hydrogens is 224 g/mol. The van der Waals surface area contributed by atoms with Gasteiger partial charge in [0, 0.05) is 23.8 Å². The van der Waals surface area contributed by atoms with Crippen molar-refractivity contribution in [2.24, 2.45) is 0 Å². The van der Waals surface area contributed by atoms with Gasteiger partial charge in [0.1, 0.15) is 0 Å². The molecular formula is C15H22N2O. The molecule has 18 heavy (non-hydrogen) atoms. The molecule has 98 valence electrons. The Labute approximate surface area is 109 Å². The van der Waals surface area contributed by atoms with Crippen molar-refractivity contribution in [3.63, 3.8) is 0 Å². The van der Waals surface area contributed by atoms with Gasteiger partial charge in [0.25, 0.3) is 5.91 Å². The molecule has 1 saturated carbocycles. The molecule has 1 aliphatic carbocycles. The van der Waals surface area contributed by atoms with E-state index in [1.807, 2.05) is 32.2 Å². The lowest BCUT2D eigenvalue weighted by atomic mass is 9.99. The Morgan fingerprint density at radius 2 is 1.94 bits per heavy atom. The third-order valence-electron chi connectivity index (χ3n) is 3.88. The van der Waals surface area contributed by atoms with E-state index >= 15 is 0 Å². The molecule has 1 fully saturated rings. The van der Waals surface area contributed by atoms with Gasteiger partial charge in [-0.3, -0.25) is 4.79 Å². The van der Waals surface area contributed by atoms with Crippen LogP contribution >= 0.6 is 0 Å². The zero-order valence-electron chi connectivity index (χ0n) is 11.5. The van der Waals surface area contributed by atoms with Crippen molar-refractivity contribution in [1.29, 1.82) is 0 Å². The maximum absolute atomic E-state index is 12.3. The molecule has 3 nitrogen and oxygen atoms in total. The van der Waals surface area contributed by atoms with Crippen LogP contribution in [0.25, 0.3) is 0 Å². The predicted molar refractivity (Wildman–Crippen MR) is 75.1 cm³/mol. The Hall–Kier alpha value is -1.51. The first-order valence-electron chi connectivity index (χ1n) is 6.65. The van der Waals surface area contributed by atoms with E-state index < -0.39 is 0 Å². The van der Waals surface area contributed by atoms with E-state index in [0.29, 0.717) is 0 Å². The second-order valence-electron chi connectivity index (χ2n) is 5.50. The minimum atomic E-state index is -0.00873. The van der Waals surface area contributed by atoms with Crippen LogP contribution in [0.2, 0.25) is 0 Å². The van der Waals surface area contributed by atoms with E-state index in [1.165, 1.54) is 12.8 Å². The molecule has 1 amide bonds. The molecule has 2 N–H and O–H groups in total. The molecule has 3 heteroatoms. The lowest BCUT2D eigenvalue weighted by Crippen LogP contribution is -2.43. The standard InChI is InChI=1S/C15H22N2O/c1-11-10-12(16-3)6-7-13(11)14(18)17-15(2)8-4-5-9-15/h6-7,10,16H,4-5,8-9H2,1-3H3,(H,17,18). The number of aryl methyl sites for hydroxylation is 1. The highest BCUT2D eigenvalue weighted by atomic mass is 16.1. The highest BCUT2D eigenvalue weighted by Crippen LogP contribution is 2.29. The number of hydrogen-bond acceptors (Lipinski definition) is 2. The van der Waals surface area contributed by atoms with E-state index in [9.17, 15) is 4.79 Å². The average molecular weight is 246 g/mol. The molecule has 0 aliphatic heterocycles. The molecule has 0 aromatic heterocycles. The summed E-state index contributed by atoms with van der Waals surface area (Å²) in [5, 5.41) is 6.27. The quantitative estimate of drug-likeness (QED) is 0.860. The average Bonchev–Trinajstić information content (AvgIpc) is 2.75. The third-order valence-corrected chi connectivity index (χ3v) is 3.88. The number of carbonyl (C=O) groups is 1. The summed E-state index contributed by atoms with van der Waals surface area (Å²) < 4.78 is 0. The zero-order chi connectivity index (χ0) is 13.2. The number of anilines is 1. The highest BCUT2D eigenvalue weighted by molar-refractivity contribution is 5.96. The molecule has 0 unspecified atom stereocenters. The highest BCUT2D eigenvalue weighted by Gasteiger charge is 2.30. The van der Waals surface area contributed by atoms with Crippen LogP contribution in [-0.2, 0) is 0 Å². The second kappa shape index (κ2) is 5.01. The van der Waals surface area contributed by atoms with Gasteiger partial charge in [-0.25, -0.2) is 0 Å². The molecule has 0 radical (unpaired) electrons. The van der Waals surface area contributed by atoms with Gasteiger partial charge >= 0.3 is 0 Å². The van der Waals surface area contributed by atoms with Crippen molar-refractivity contribution in [3.05, 3.63) is 29.3 Å². The number of carbonyl (C=O) groups excluding carboxylic acids is 1. The molecule has 0 saturated heterocycles. The van der Waals surface area contributed by atoms with E-state index in [4.69, 9.17) is 0 Å². The molecule has 2 rings (SSSR count). The van der Waals surface area contributed by atoms with Crippen molar-refractivity contribution in [3.8, 4) is 0 Å². The van der Waals surface area contributed by atoms with Crippen LogP contribution in [0.5, 0.6) is 0 Å². The van der Waals surface area contributed by atoms with Gasteiger partial charge in [-0.15, -0.1) is 0 Å². The summed E-state index contributed by atoms with van der Waals surface area (Å²) in [6, 6.07) is 5.85. The Morgan fingerprint density at radius 3 is 2.50 bits per heavy atom. The number of rotatable bonds is 3. The van der Waals surface area contributed by atoms with Gasteiger partial charge in [-0.2, -0.15) is 0 Å². The van der Waals surface area contributed by atoms with Crippen molar-refractivity contribution < 1.29 is 4.79 Å². The topological polar surface area (TPSA) is 41.1 Å². The largest absolute Gasteiger partial charge is 0.388 e. The number of benzene rings is 1. The molecule has 1 aromatic rings. The van der Waals surface area contributed by atoms with Crippen molar-refractivity contribution in [1.82, 2.24) is 5.32 Å². The van der Waals surface area contributed by atoms with E-state index in [2.05, 4.69) is 17.6 Å². The summed E-state index contributed by atoms with van der Waals surface area (Å²) in [7, 11) is 1.88. The molecule has 1 aromatic carbocycles. The van der Waals surface area contributed by atoms with Crippen LogP contribution in [0.15, 0.2) is 18.2 Å². The summed E-state index contributed by atoms with van der Waals surface area (Å²) in [6.07, 6.45) is 4.61. The summed E-state index contributed by atoms with van der Waals surface area (Å²) in [4.78, 5) is 12.3. The fourth-order valence-electron chi connectivity index (χ4n) is 2.70. The third kappa shape index (κ3) is 2.66. The SMILES string of the molecule is CNc1ccc(C(=O)NC2(C)CCCC2)c(C)c1. The zero-order valence-corrected chi connectivity index (χ0v) is 11.5. The monoisotopic (exact) mass is 246 g/mol. The Kier molecular flexibility index (Phi) is 3.60. The molecule has 0 bridgehead atoms. The number of amides is 1. The van der Waals surface area contributed by atoms with Gasteiger partial charge in [-0.05, 0) is 50.5 Å². The first-order chi connectivity index (χ1) is 8.54. The molecule has 0 atom stereocenters. The van der Waals surface area contributed by atoms with Gasteiger partial charge in [0.2, 0.25) is 0 Å². The van der Waals surface area contributed by atoms with E-state index in [1.54, 1.807) is 0 Å². The Balaban J connectivity index is 2.13.